The van der Waals surface area contributed by atoms with Gasteiger partial charge in [0, 0.05) is 18.8 Å². The van der Waals surface area contributed by atoms with Crippen molar-refractivity contribution in [1.82, 2.24) is 15.5 Å². The highest BCUT2D eigenvalue weighted by molar-refractivity contribution is 7.92. The number of nitrogens with one attached hydrogen (secondary N) is 1. The van der Waals surface area contributed by atoms with Crippen LogP contribution in [-0.2, 0) is 16.4 Å². The molecule has 0 atom stereocenters. The Kier molecular flexibility index (Phi) is 5.23. The van der Waals surface area contributed by atoms with E-state index in [1.54, 1.807) is 13.0 Å². The van der Waals surface area contributed by atoms with E-state index in [-0.39, 0.29) is 24.1 Å². The summed E-state index contributed by atoms with van der Waals surface area (Å²) in [5.41, 5.74) is 3.73. The molecule has 2 aromatic heterocycles. The number of hydrogen-bond acceptors (Lipinski definition) is 6. The van der Waals surface area contributed by atoms with E-state index >= 15 is 0 Å². The predicted molar refractivity (Wildman–Crippen MR) is 114 cm³/mol. The number of sulfonamides is 1. The van der Waals surface area contributed by atoms with Gasteiger partial charge in [0.25, 0.3) is 11.6 Å². The number of benzene rings is 1. The van der Waals surface area contributed by atoms with Crippen molar-refractivity contribution in [3.63, 3.8) is 0 Å². The van der Waals surface area contributed by atoms with Gasteiger partial charge in [0.1, 0.15) is 0 Å². The zero-order chi connectivity index (χ0) is 21.5. The molecule has 3 heterocycles. The van der Waals surface area contributed by atoms with E-state index in [1.807, 2.05) is 38.1 Å². The SMILES string of the molecule is Cc1noc2nc(C(C)C)cc(C(=O)NCCS(=O)(=O)N3CCc4ccccc43)c12. The number of amides is 1. The smallest absolute Gasteiger partial charge is 0.259 e. The Bertz CT molecular complexity index is 1220. The van der Waals surface area contributed by atoms with Crippen molar-refractivity contribution in [3.8, 4) is 0 Å². The average molecular weight is 429 g/mol. The summed E-state index contributed by atoms with van der Waals surface area (Å²) in [6, 6.07) is 9.21. The molecule has 158 valence electrons. The number of fused-ring (bicyclic) bond motifs is 2. The van der Waals surface area contributed by atoms with Crippen LogP contribution in [0.25, 0.3) is 11.1 Å². The van der Waals surface area contributed by atoms with Gasteiger partial charge in [0.2, 0.25) is 10.0 Å². The third-order valence-corrected chi connectivity index (χ3v) is 7.07. The molecular formula is C21H24N4O4S. The van der Waals surface area contributed by atoms with E-state index in [4.69, 9.17) is 4.52 Å². The number of rotatable bonds is 6. The summed E-state index contributed by atoms with van der Waals surface area (Å²) in [5, 5.41) is 7.20. The number of pyridine rings is 1. The molecule has 8 nitrogen and oxygen atoms in total. The lowest BCUT2D eigenvalue weighted by Crippen LogP contribution is -2.37. The van der Waals surface area contributed by atoms with Gasteiger partial charge in [-0.25, -0.2) is 13.4 Å². The molecule has 0 radical (unpaired) electrons. The first-order chi connectivity index (χ1) is 14.3. The molecule has 30 heavy (non-hydrogen) atoms. The van der Waals surface area contributed by atoms with Crippen LogP contribution in [0.3, 0.4) is 0 Å². The van der Waals surface area contributed by atoms with E-state index in [2.05, 4.69) is 15.5 Å². The summed E-state index contributed by atoms with van der Waals surface area (Å²) in [6.45, 7) is 6.12. The predicted octanol–water partition coefficient (Wildman–Crippen LogP) is 2.78. The van der Waals surface area contributed by atoms with Crippen molar-refractivity contribution in [2.75, 3.05) is 23.1 Å². The number of carbonyl (C=O) groups excluding carboxylic acids is 1. The lowest BCUT2D eigenvalue weighted by Gasteiger charge is -2.19. The number of nitrogens with zero attached hydrogens (tertiary/aromatic N) is 3. The van der Waals surface area contributed by atoms with Crippen LogP contribution in [0.1, 0.15) is 47.1 Å². The van der Waals surface area contributed by atoms with Crippen molar-refractivity contribution in [1.29, 1.82) is 0 Å². The van der Waals surface area contributed by atoms with E-state index < -0.39 is 10.0 Å². The number of carbonyl (C=O) groups is 1. The first-order valence-corrected chi connectivity index (χ1v) is 11.5. The number of para-hydroxylation sites is 1. The van der Waals surface area contributed by atoms with E-state index in [0.29, 0.717) is 41.0 Å². The van der Waals surface area contributed by atoms with Gasteiger partial charge in [-0.2, -0.15) is 0 Å². The molecule has 0 saturated carbocycles. The van der Waals surface area contributed by atoms with Crippen LogP contribution in [0.4, 0.5) is 5.69 Å². The summed E-state index contributed by atoms with van der Waals surface area (Å²) in [4.78, 5) is 17.3. The van der Waals surface area contributed by atoms with Crippen LogP contribution in [-0.4, -0.2) is 43.3 Å². The van der Waals surface area contributed by atoms with Gasteiger partial charge >= 0.3 is 0 Å². The first kappa shape index (κ1) is 20.3. The van der Waals surface area contributed by atoms with E-state index in [1.165, 1.54) is 4.31 Å². The van der Waals surface area contributed by atoms with Crippen LogP contribution in [0, 0.1) is 6.92 Å². The van der Waals surface area contributed by atoms with Gasteiger partial charge in [0.05, 0.1) is 28.1 Å². The normalized spacial score (nSPS) is 13.8. The topological polar surface area (TPSA) is 105 Å². The molecule has 0 aliphatic carbocycles. The van der Waals surface area contributed by atoms with Crippen molar-refractivity contribution in [2.45, 2.75) is 33.1 Å². The second-order valence-electron chi connectivity index (χ2n) is 7.72. The van der Waals surface area contributed by atoms with Crippen LogP contribution < -0.4 is 9.62 Å². The van der Waals surface area contributed by atoms with Crippen molar-refractivity contribution in [3.05, 3.63) is 52.8 Å². The molecule has 4 rings (SSSR count). The zero-order valence-electron chi connectivity index (χ0n) is 17.2. The number of aryl methyl sites for hydroxylation is 1. The minimum absolute atomic E-state index is 0.00495. The highest BCUT2D eigenvalue weighted by Crippen LogP contribution is 2.30. The molecule has 9 heteroatoms. The molecule has 1 N–H and O–H groups in total. The monoisotopic (exact) mass is 428 g/mol. The Labute approximate surface area is 175 Å². The summed E-state index contributed by atoms with van der Waals surface area (Å²) in [6.07, 6.45) is 0.696. The molecule has 1 aromatic carbocycles. The molecule has 1 aliphatic heterocycles. The number of aromatic nitrogens is 2. The molecule has 0 saturated heterocycles. The quantitative estimate of drug-likeness (QED) is 0.647. The van der Waals surface area contributed by atoms with Gasteiger partial charge in [-0.3, -0.25) is 9.10 Å². The molecule has 0 bridgehead atoms. The third kappa shape index (κ3) is 3.65. The van der Waals surface area contributed by atoms with E-state index in [0.717, 1.165) is 11.3 Å². The second kappa shape index (κ2) is 7.71. The fourth-order valence-electron chi connectivity index (χ4n) is 3.68. The first-order valence-electron chi connectivity index (χ1n) is 9.91. The lowest BCUT2D eigenvalue weighted by atomic mass is 10.0. The zero-order valence-corrected chi connectivity index (χ0v) is 18.0. The molecule has 0 unspecified atom stereocenters. The van der Waals surface area contributed by atoms with Gasteiger partial charge in [-0.1, -0.05) is 37.2 Å². The summed E-state index contributed by atoms with van der Waals surface area (Å²) < 4.78 is 32.3. The number of hydrogen-bond donors (Lipinski definition) is 1. The molecule has 0 fully saturated rings. The maximum Gasteiger partial charge on any atom is 0.259 e. The maximum absolute atomic E-state index is 12.9. The van der Waals surface area contributed by atoms with Crippen molar-refractivity contribution < 1.29 is 17.7 Å². The van der Waals surface area contributed by atoms with Gasteiger partial charge < -0.3 is 9.84 Å². The lowest BCUT2D eigenvalue weighted by molar-refractivity contribution is 0.0957. The summed E-state index contributed by atoms with van der Waals surface area (Å²) in [5.74, 6) is -0.449. The van der Waals surface area contributed by atoms with Crippen molar-refractivity contribution in [2.24, 2.45) is 0 Å². The Morgan fingerprint density at radius 2 is 2.07 bits per heavy atom. The molecule has 3 aromatic rings. The van der Waals surface area contributed by atoms with Crippen LogP contribution in [0.2, 0.25) is 0 Å². The highest BCUT2D eigenvalue weighted by Gasteiger charge is 2.29. The van der Waals surface area contributed by atoms with Gasteiger partial charge in [-0.15, -0.1) is 0 Å². The second-order valence-corrected chi connectivity index (χ2v) is 9.73. The van der Waals surface area contributed by atoms with Crippen LogP contribution in [0.15, 0.2) is 34.9 Å². The fourth-order valence-corrected chi connectivity index (χ4v) is 5.11. The van der Waals surface area contributed by atoms with E-state index in [9.17, 15) is 13.2 Å². The third-order valence-electron chi connectivity index (χ3n) is 5.30. The summed E-state index contributed by atoms with van der Waals surface area (Å²) >= 11 is 0. The van der Waals surface area contributed by atoms with Gasteiger partial charge in [0.15, 0.2) is 0 Å². The molecule has 1 aliphatic rings. The Morgan fingerprint density at radius 1 is 1.30 bits per heavy atom. The summed E-state index contributed by atoms with van der Waals surface area (Å²) in [7, 11) is -3.54. The largest absolute Gasteiger partial charge is 0.351 e. The van der Waals surface area contributed by atoms with Crippen LogP contribution >= 0.6 is 0 Å². The van der Waals surface area contributed by atoms with Crippen molar-refractivity contribution >= 4 is 32.7 Å². The van der Waals surface area contributed by atoms with Gasteiger partial charge in [-0.05, 0) is 37.0 Å². The Morgan fingerprint density at radius 3 is 2.83 bits per heavy atom. The minimum Gasteiger partial charge on any atom is -0.351 e. The average Bonchev–Trinajstić information content (AvgIpc) is 3.31. The molecule has 0 spiro atoms. The van der Waals surface area contributed by atoms with Crippen LogP contribution in [0.5, 0.6) is 0 Å². The maximum atomic E-state index is 12.9. The minimum atomic E-state index is -3.54. The standard InChI is InChI=1S/C21H24N4O4S/c1-13(2)17-12-16(19-14(3)24-29-21(19)23-17)20(26)22-9-11-30(27,28)25-10-8-15-6-4-5-7-18(15)25/h4-7,12-13H,8-11H2,1-3H3,(H,22,26). The molecule has 1 amide bonds. The fraction of sp³-hybridized carbons (Fsp3) is 0.381. The Balaban J connectivity index is 1.50. The number of anilines is 1. The highest BCUT2D eigenvalue weighted by atomic mass is 32.2. The molecular weight excluding hydrogens is 404 g/mol. The Hall–Kier alpha value is -2.94.